The highest BCUT2D eigenvalue weighted by molar-refractivity contribution is 5.86. The highest BCUT2D eigenvalue weighted by atomic mass is 16.3. The van der Waals surface area contributed by atoms with E-state index in [1.54, 1.807) is 0 Å². The van der Waals surface area contributed by atoms with Gasteiger partial charge in [-0.1, -0.05) is 97.1 Å². The van der Waals surface area contributed by atoms with Crippen LogP contribution in [-0.4, -0.2) is 17.6 Å². The van der Waals surface area contributed by atoms with Crippen molar-refractivity contribution in [1.82, 2.24) is 5.32 Å². The Hall–Kier alpha value is -3.43. The van der Waals surface area contributed by atoms with Crippen LogP contribution < -0.4 is 5.32 Å². The molecular weight excluding hydrogens is 358 g/mol. The molecule has 144 valence electrons. The van der Waals surface area contributed by atoms with Crippen LogP contribution in [0.1, 0.15) is 17.2 Å². The summed E-state index contributed by atoms with van der Waals surface area (Å²) in [5.74, 6) is -0.100. The average molecular weight is 381 g/mol. The predicted octanol–water partition coefficient (Wildman–Crippen LogP) is 4.90. The molecule has 29 heavy (non-hydrogen) atoms. The highest BCUT2D eigenvalue weighted by Gasteiger charge is 2.12. The van der Waals surface area contributed by atoms with Gasteiger partial charge in [0.25, 0.3) is 0 Å². The zero-order chi connectivity index (χ0) is 20.1. The van der Waals surface area contributed by atoms with Crippen LogP contribution in [0.2, 0.25) is 0 Å². The number of amides is 1. The lowest BCUT2D eigenvalue weighted by atomic mass is 10.0. The number of rotatable bonds is 6. The van der Waals surface area contributed by atoms with Gasteiger partial charge in [0.1, 0.15) is 0 Å². The van der Waals surface area contributed by atoms with Gasteiger partial charge in [0.05, 0.1) is 12.5 Å². The molecule has 3 nitrogen and oxygen atoms in total. The summed E-state index contributed by atoms with van der Waals surface area (Å²) in [6, 6.07) is 31.9. The van der Waals surface area contributed by atoms with Crippen LogP contribution in [0.3, 0.4) is 0 Å². The van der Waals surface area contributed by atoms with Gasteiger partial charge in [-0.3, -0.25) is 4.79 Å². The largest absolute Gasteiger partial charge is 0.387 e. The molecule has 1 amide bonds. The van der Waals surface area contributed by atoms with Gasteiger partial charge in [0, 0.05) is 6.54 Å². The fourth-order valence-electron chi connectivity index (χ4n) is 3.56. The maximum atomic E-state index is 12.3. The number of benzene rings is 4. The Morgan fingerprint density at radius 1 is 0.759 bits per heavy atom. The van der Waals surface area contributed by atoms with Gasteiger partial charge in [-0.2, -0.15) is 0 Å². The maximum absolute atomic E-state index is 12.3. The number of aliphatic hydroxyl groups excluding tert-OH is 1. The maximum Gasteiger partial charge on any atom is 0.224 e. The first-order valence-electron chi connectivity index (χ1n) is 9.77. The summed E-state index contributed by atoms with van der Waals surface area (Å²) in [7, 11) is 0. The summed E-state index contributed by atoms with van der Waals surface area (Å²) in [6.45, 7) is 0.189. The molecule has 0 fully saturated rings. The number of hydrogen-bond donors (Lipinski definition) is 2. The third-order valence-corrected chi connectivity index (χ3v) is 5.10. The number of carbonyl (C=O) groups excluding carboxylic acids is 1. The third-order valence-electron chi connectivity index (χ3n) is 5.10. The molecule has 0 aliphatic carbocycles. The summed E-state index contributed by atoms with van der Waals surface area (Å²) in [5, 5.41) is 15.5. The van der Waals surface area contributed by atoms with Crippen molar-refractivity contribution >= 4 is 16.7 Å². The van der Waals surface area contributed by atoms with Crippen LogP contribution in [0.5, 0.6) is 0 Å². The molecule has 0 radical (unpaired) electrons. The van der Waals surface area contributed by atoms with Gasteiger partial charge in [0.2, 0.25) is 5.91 Å². The topological polar surface area (TPSA) is 49.3 Å². The van der Waals surface area contributed by atoms with Crippen molar-refractivity contribution in [1.29, 1.82) is 0 Å². The summed E-state index contributed by atoms with van der Waals surface area (Å²) in [4.78, 5) is 12.3. The molecule has 0 aliphatic heterocycles. The molecular formula is C26H23NO2. The molecule has 3 heteroatoms. The minimum Gasteiger partial charge on any atom is -0.387 e. The van der Waals surface area contributed by atoms with Gasteiger partial charge in [-0.05, 0) is 33.0 Å². The Bertz CT molecular complexity index is 1100. The van der Waals surface area contributed by atoms with Crippen molar-refractivity contribution in [3.63, 3.8) is 0 Å². The van der Waals surface area contributed by atoms with E-state index in [-0.39, 0.29) is 18.9 Å². The number of carbonyl (C=O) groups is 1. The lowest BCUT2D eigenvalue weighted by Gasteiger charge is -2.15. The van der Waals surface area contributed by atoms with Gasteiger partial charge in [0.15, 0.2) is 0 Å². The number of fused-ring (bicyclic) bond motifs is 1. The second kappa shape index (κ2) is 8.72. The Morgan fingerprint density at radius 2 is 1.41 bits per heavy atom. The quantitative estimate of drug-likeness (QED) is 0.499. The van der Waals surface area contributed by atoms with E-state index in [0.29, 0.717) is 0 Å². The molecule has 0 aromatic heterocycles. The van der Waals surface area contributed by atoms with Crippen molar-refractivity contribution in [3.8, 4) is 11.1 Å². The first-order valence-corrected chi connectivity index (χ1v) is 9.77. The van der Waals surface area contributed by atoms with Crippen molar-refractivity contribution in [2.24, 2.45) is 0 Å². The Kier molecular flexibility index (Phi) is 5.68. The van der Waals surface area contributed by atoms with Crippen LogP contribution >= 0.6 is 0 Å². The van der Waals surface area contributed by atoms with Gasteiger partial charge in [-0.15, -0.1) is 0 Å². The van der Waals surface area contributed by atoms with Gasteiger partial charge in [-0.25, -0.2) is 0 Å². The standard InChI is InChI=1S/C26H23NO2/c28-25(24-12-6-10-22-9-4-5-11-23(22)24)18-27-26(29)17-19-13-15-21(16-14-19)20-7-2-1-3-8-20/h1-16,25,28H,17-18H2,(H,27,29). The smallest absolute Gasteiger partial charge is 0.224 e. The summed E-state index contributed by atoms with van der Waals surface area (Å²) < 4.78 is 0. The van der Waals surface area contributed by atoms with E-state index in [1.165, 1.54) is 0 Å². The average Bonchev–Trinajstić information content (AvgIpc) is 2.78. The lowest BCUT2D eigenvalue weighted by molar-refractivity contribution is -0.120. The molecule has 0 aliphatic rings. The molecule has 0 saturated carbocycles. The second-order valence-corrected chi connectivity index (χ2v) is 7.13. The molecule has 2 N–H and O–H groups in total. The fourth-order valence-corrected chi connectivity index (χ4v) is 3.56. The normalized spacial score (nSPS) is 11.9. The Labute approximate surface area is 170 Å². The highest BCUT2D eigenvalue weighted by Crippen LogP contribution is 2.24. The van der Waals surface area contributed by atoms with Crippen LogP contribution in [0.15, 0.2) is 97.1 Å². The number of aliphatic hydroxyl groups is 1. The molecule has 4 rings (SSSR count). The van der Waals surface area contributed by atoms with Crippen LogP contribution in [0.25, 0.3) is 21.9 Å². The van der Waals surface area contributed by atoms with Crippen LogP contribution in [0.4, 0.5) is 0 Å². The van der Waals surface area contributed by atoms with E-state index in [1.807, 2.05) is 84.9 Å². The van der Waals surface area contributed by atoms with E-state index in [9.17, 15) is 9.90 Å². The summed E-state index contributed by atoms with van der Waals surface area (Å²) >= 11 is 0. The van der Waals surface area contributed by atoms with Crippen LogP contribution in [0, 0.1) is 0 Å². The van der Waals surface area contributed by atoms with Crippen molar-refractivity contribution in [2.75, 3.05) is 6.54 Å². The van der Waals surface area contributed by atoms with Gasteiger partial charge >= 0.3 is 0 Å². The minimum absolute atomic E-state index is 0.100. The fraction of sp³-hybridized carbons (Fsp3) is 0.115. The zero-order valence-corrected chi connectivity index (χ0v) is 16.1. The van der Waals surface area contributed by atoms with E-state index in [4.69, 9.17) is 0 Å². The van der Waals surface area contributed by atoms with Crippen molar-refractivity contribution < 1.29 is 9.90 Å². The SMILES string of the molecule is O=C(Cc1ccc(-c2ccccc2)cc1)NCC(O)c1cccc2ccccc12. The molecule has 0 saturated heterocycles. The number of nitrogens with one attached hydrogen (secondary N) is 1. The van der Waals surface area contributed by atoms with E-state index in [0.717, 1.165) is 33.0 Å². The monoisotopic (exact) mass is 381 g/mol. The van der Waals surface area contributed by atoms with E-state index < -0.39 is 6.10 Å². The second-order valence-electron chi connectivity index (χ2n) is 7.13. The van der Waals surface area contributed by atoms with E-state index in [2.05, 4.69) is 17.4 Å². The molecule has 0 spiro atoms. The third kappa shape index (κ3) is 4.53. The van der Waals surface area contributed by atoms with Gasteiger partial charge < -0.3 is 10.4 Å². The Morgan fingerprint density at radius 3 is 2.21 bits per heavy atom. The lowest BCUT2D eigenvalue weighted by Crippen LogP contribution is -2.29. The first-order chi connectivity index (χ1) is 14.2. The molecule has 4 aromatic carbocycles. The Balaban J connectivity index is 1.36. The predicted molar refractivity (Wildman–Crippen MR) is 117 cm³/mol. The molecule has 1 atom stereocenters. The van der Waals surface area contributed by atoms with Crippen LogP contribution in [-0.2, 0) is 11.2 Å². The van der Waals surface area contributed by atoms with E-state index >= 15 is 0 Å². The minimum atomic E-state index is -0.745. The van der Waals surface area contributed by atoms with Crippen molar-refractivity contribution in [2.45, 2.75) is 12.5 Å². The first kappa shape index (κ1) is 18.9. The molecule has 0 heterocycles. The molecule has 4 aromatic rings. The molecule has 0 bridgehead atoms. The summed E-state index contributed by atoms with van der Waals surface area (Å²) in [6.07, 6.45) is -0.456. The molecule has 1 unspecified atom stereocenters. The zero-order valence-electron chi connectivity index (χ0n) is 16.1. The van der Waals surface area contributed by atoms with Crippen molar-refractivity contribution in [3.05, 3.63) is 108 Å². The summed E-state index contributed by atoms with van der Waals surface area (Å²) in [5.41, 5.74) is 4.06. The number of hydrogen-bond acceptors (Lipinski definition) is 2.